The Kier molecular flexibility index (Phi) is 8.74. The maximum Gasteiger partial charge on any atom is 0.278 e. The first-order valence-corrected chi connectivity index (χ1v) is 15.9. The van der Waals surface area contributed by atoms with Crippen LogP contribution < -0.4 is 15.8 Å². The third kappa shape index (κ3) is 5.92. The molecule has 0 spiro atoms. The van der Waals surface area contributed by atoms with Crippen LogP contribution in [-0.2, 0) is 16.1 Å². The molecule has 11 nitrogen and oxygen atoms in total. The van der Waals surface area contributed by atoms with Crippen LogP contribution in [0.4, 0.5) is 17.3 Å². The highest BCUT2D eigenvalue weighted by Gasteiger charge is 2.23. The second kappa shape index (κ2) is 13.0. The number of fused-ring (bicyclic) bond motifs is 2. The van der Waals surface area contributed by atoms with Gasteiger partial charge < -0.3 is 19.7 Å². The average Bonchev–Trinajstić information content (AvgIpc) is 3.60. The van der Waals surface area contributed by atoms with Gasteiger partial charge in [-0.2, -0.15) is 4.98 Å². The van der Waals surface area contributed by atoms with Gasteiger partial charge in [0.05, 0.1) is 12.2 Å². The van der Waals surface area contributed by atoms with Gasteiger partial charge in [-0.05, 0) is 68.7 Å². The lowest BCUT2D eigenvalue weighted by atomic mass is 10.0. The molecule has 1 aliphatic rings. The van der Waals surface area contributed by atoms with Gasteiger partial charge in [0.1, 0.15) is 5.39 Å². The summed E-state index contributed by atoms with van der Waals surface area (Å²) < 4.78 is 5.75. The van der Waals surface area contributed by atoms with E-state index in [2.05, 4.69) is 39.3 Å². The molecule has 4 heterocycles. The molecule has 1 saturated heterocycles. The molecule has 238 valence electrons. The van der Waals surface area contributed by atoms with Crippen LogP contribution in [0, 0.1) is 0 Å². The number of carbonyl (C=O) groups is 2. The van der Waals surface area contributed by atoms with Crippen molar-refractivity contribution >= 4 is 51.1 Å². The van der Waals surface area contributed by atoms with Crippen LogP contribution in [0.15, 0.2) is 77.9 Å². The lowest BCUT2D eigenvalue weighted by Gasteiger charge is -2.32. The lowest BCUT2D eigenvalue weighted by Crippen LogP contribution is -2.37. The van der Waals surface area contributed by atoms with Gasteiger partial charge in [0, 0.05) is 74.2 Å². The molecule has 0 radical (unpaired) electrons. The zero-order valence-electron chi connectivity index (χ0n) is 26.8. The second-order valence-corrected chi connectivity index (χ2v) is 11.7. The number of anilines is 3. The predicted molar refractivity (Wildman–Crippen MR) is 182 cm³/mol. The summed E-state index contributed by atoms with van der Waals surface area (Å²) in [5.74, 6) is 0.466. The fraction of sp³-hybridized carbons (Fsp3) is 0.343. The number of hydrogen-bond acceptors (Lipinski definition) is 6. The molecular formula is C35H40N8O3. The Morgan fingerprint density at radius 3 is 2.61 bits per heavy atom. The number of benzene rings is 2. The maximum atomic E-state index is 13.6. The largest absolute Gasteiger partial charge is 0.344 e. The monoisotopic (exact) mass is 620 g/mol. The van der Waals surface area contributed by atoms with Gasteiger partial charge in [0.25, 0.3) is 5.56 Å². The van der Waals surface area contributed by atoms with Crippen molar-refractivity contribution in [1.29, 1.82) is 0 Å². The van der Waals surface area contributed by atoms with Gasteiger partial charge in [0.2, 0.25) is 17.8 Å². The summed E-state index contributed by atoms with van der Waals surface area (Å²) in [4.78, 5) is 50.8. The molecule has 0 aliphatic carbocycles. The first-order valence-electron chi connectivity index (χ1n) is 15.9. The Hall–Kier alpha value is -5.19. The molecule has 1 fully saturated rings. The summed E-state index contributed by atoms with van der Waals surface area (Å²) in [6, 6.07) is 16.3. The van der Waals surface area contributed by atoms with Crippen molar-refractivity contribution in [2.45, 2.75) is 59.5 Å². The number of allylic oxidation sites excluding steroid dienone is 2. The Balaban J connectivity index is 1.34. The van der Waals surface area contributed by atoms with Crippen LogP contribution in [-0.4, -0.2) is 60.2 Å². The van der Waals surface area contributed by atoms with Crippen molar-refractivity contribution < 1.29 is 9.59 Å². The molecule has 5 aromatic rings. The Morgan fingerprint density at radius 2 is 1.89 bits per heavy atom. The van der Waals surface area contributed by atoms with Gasteiger partial charge in [-0.1, -0.05) is 25.1 Å². The van der Waals surface area contributed by atoms with Gasteiger partial charge in [-0.25, -0.2) is 14.3 Å². The highest BCUT2D eigenvalue weighted by atomic mass is 16.2. The van der Waals surface area contributed by atoms with Crippen LogP contribution in [0.3, 0.4) is 0 Å². The quantitative estimate of drug-likeness (QED) is 0.209. The zero-order chi connectivity index (χ0) is 32.4. The molecule has 2 aromatic carbocycles. The number of carbonyl (C=O) groups excluding carboxylic acids is 2. The fourth-order valence-corrected chi connectivity index (χ4v) is 6.35. The Labute approximate surface area is 267 Å². The number of nitrogens with zero attached hydrogens (tertiary/aromatic N) is 7. The summed E-state index contributed by atoms with van der Waals surface area (Å²) in [5.41, 5.74) is 3.73. The van der Waals surface area contributed by atoms with Crippen molar-refractivity contribution in [3.63, 3.8) is 0 Å². The lowest BCUT2D eigenvalue weighted by molar-refractivity contribution is -0.130. The first kappa shape index (κ1) is 30.8. The van der Waals surface area contributed by atoms with Crippen LogP contribution in [0.2, 0.25) is 0 Å². The van der Waals surface area contributed by atoms with Gasteiger partial charge in [0.15, 0.2) is 5.65 Å². The Morgan fingerprint density at radius 1 is 1.09 bits per heavy atom. The van der Waals surface area contributed by atoms with E-state index in [-0.39, 0.29) is 17.4 Å². The van der Waals surface area contributed by atoms with Crippen molar-refractivity contribution in [3.8, 4) is 5.69 Å². The predicted octanol–water partition coefficient (Wildman–Crippen LogP) is 5.80. The van der Waals surface area contributed by atoms with E-state index in [0.717, 1.165) is 60.3 Å². The van der Waals surface area contributed by atoms with E-state index in [9.17, 15) is 14.4 Å². The zero-order valence-corrected chi connectivity index (χ0v) is 26.8. The van der Waals surface area contributed by atoms with E-state index < -0.39 is 0 Å². The molecule has 0 saturated carbocycles. The number of likely N-dealkylation sites (tertiary alicyclic amines) is 1. The molecule has 0 unspecified atom stereocenters. The summed E-state index contributed by atoms with van der Waals surface area (Å²) >= 11 is 0. The van der Waals surface area contributed by atoms with Crippen molar-refractivity contribution in [3.05, 3.63) is 83.4 Å². The third-order valence-electron chi connectivity index (χ3n) is 8.68. The van der Waals surface area contributed by atoms with Crippen molar-refractivity contribution in [2.24, 2.45) is 0 Å². The Bertz CT molecular complexity index is 1990. The number of amides is 2. The van der Waals surface area contributed by atoms with E-state index in [4.69, 9.17) is 4.98 Å². The van der Waals surface area contributed by atoms with Gasteiger partial charge >= 0.3 is 0 Å². The molecule has 1 aliphatic heterocycles. The van der Waals surface area contributed by atoms with E-state index in [0.29, 0.717) is 36.1 Å². The average molecular weight is 621 g/mol. The van der Waals surface area contributed by atoms with Crippen LogP contribution >= 0.6 is 0 Å². The van der Waals surface area contributed by atoms with Crippen LogP contribution in [0.1, 0.15) is 53.0 Å². The molecule has 3 aromatic heterocycles. The molecule has 11 heteroatoms. The molecule has 0 atom stereocenters. The van der Waals surface area contributed by atoms with Gasteiger partial charge in [-0.15, -0.1) is 0 Å². The molecule has 1 N–H and O–H groups in total. The summed E-state index contributed by atoms with van der Waals surface area (Å²) in [5, 5.41) is 4.83. The minimum atomic E-state index is -0.195. The normalized spacial score (nSPS) is 14.0. The number of rotatable bonds is 9. The first-order chi connectivity index (χ1) is 22.3. The highest BCUT2D eigenvalue weighted by molar-refractivity contribution is 5.92. The minimum Gasteiger partial charge on any atom is -0.344 e. The standard InChI is InChI=1S/C35H40N8O3/c1-5-7-17-42-34(46)31-23-36-35(38-33(31)43(42)30-10-8-9-29(22-30)40(16-6-2)25(4)45)37-27-11-12-32-26(21-27)13-20-41(32)28-14-18-39(19-15-28)24(3)44/h5,7-13,20-23,28H,6,14-19H2,1-4H3,(H,36,37,38)/b7-5-. The smallest absolute Gasteiger partial charge is 0.278 e. The molecule has 0 bridgehead atoms. The van der Waals surface area contributed by atoms with Crippen molar-refractivity contribution in [2.75, 3.05) is 29.9 Å². The minimum absolute atomic E-state index is 0.0397. The van der Waals surface area contributed by atoms with E-state index in [1.54, 1.807) is 34.3 Å². The summed E-state index contributed by atoms with van der Waals surface area (Å²) in [6.07, 6.45) is 10.2. The number of piperidine rings is 1. The number of hydrogen-bond donors (Lipinski definition) is 1. The van der Waals surface area contributed by atoms with E-state index >= 15 is 0 Å². The highest BCUT2D eigenvalue weighted by Crippen LogP contribution is 2.30. The van der Waals surface area contributed by atoms with Crippen LogP contribution in [0.25, 0.3) is 27.6 Å². The van der Waals surface area contributed by atoms with Gasteiger partial charge in [-0.3, -0.25) is 14.4 Å². The SMILES string of the molecule is C/C=C\Cn1c(=O)c2cnc(Nc3ccc4c(ccn4C4CCN(C(C)=O)CC4)c3)nc2n1-c1cccc(N(CCC)C(C)=O)c1. The topological polar surface area (TPSA) is 110 Å². The van der Waals surface area contributed by atoms with E-state index in [1.165, 1.54) is 0 Å². The second-order valence-electron chi connectivity index (χ2n) is 11.7. The third-order valence-corrected chi connectivity index (χ3v) is 8.68. The van der Waals surface area contributed by atoms with E-state index in [1.807, 2.05) is 61.2 Å². The fourth-order valence-electron chi connectivity index (χ4n) is 6.35. The maximum absolute atomic E-state index is 13.6. The molecule has 2 amide bonds. The molecular weight excluding hydrogens is 580 g/mol. The van der Waals surface area contributed by atoms with Crippen molar-refractivity contribution in [1.82, 2.24) is 28.8 Å². The summed E-state index contributed by atoms with van der Waals surface area (Å²) in [6.45, 7) is 9.65. The molecule has 6 rings (SSSR count). The molecule has 46 heavy (non-hydrogen) atoms. The number of aromatic nitrogens is 5. The summed E-state index contributed by atoms with van der Waals surface area (Å²) in [7, 11) is 0. The van der Waals surface area contributed by atoms with Crippen LogP contribution in [0.5, 0.6) is 0 Å². The number of nitrogens with one attached hydrogen (secondary N) is 1.